The van der Waals surface area contributed by atoms with Crippen LogP contribution in [0, 0.1) is 5.92 Å². The Hall–Kier alpha value is -2.89. The highest BCUT2D eigenvalue weighted by Crippen LogP contribution is 2.18. The molecule has 1 aliphatic heterocycles. The summed E-state index contributed by atoms with van der Waals surface area (Å²) in [5.41, 5.74) is 15.9. The standard InChI is InChI=1S/C19H35N7O5/c1-11(2)9-13(25-17(29)14-6-4-8-26(14)15(27)10-20)16(28)24-12(18(30)31)5-3-7-23-19(21)22/h11-14H,3-10,20H2,1-2H3,(H,24,28)(H,25,29)(H,30,31)(H4,21,22,23). The Bertz CT molecular complexity index is 679. The number of carboxylic acid groups (broad SMARTS) is 1. The van der Waals surface area contributed by atoms with Gasteiger partial charge in [-0.25, -0.2) is 4.79 Å². The Balaban J connectivity index is 2.80. The van der Waals surface area contributed by atoms with Crippen LogP contribution < -0.4 is 27.8 Å². The average Bonchev–Trinajstić information content (AvgIpc) is 3.18. The van der Waals surface area contributed by atoms with Crippen molar-refractivity contribution >= 4 is 29.7 Å². The molecule has 0 saturated carbocycles. The summed E-state index contributed by atoms with van der Waals surface area (Å²) in [7, 11) is 0. The summed E-state index contributed by atoms with van der Waals surface area (Å²) >= 11 is 0. The van der Waals surface area contributed by atoms with E-state index in [0.717, 1.165) is 0 Å². The summed E-state index contributed by atoms with van der Waals surface area (Å²) in [4.78, 5) is 54.3. The van der Waals surface area contributed by atoms with Crippen molar-refractivity contribution in [3.8, 4) is 0 Å². The van der Waals surface area contributed by atoms with Crippen molar-refractivity contribution in [2.24, 2.45) is 28.1 Å². The molecule has 12 nitrogen and oxygen atoms in total. The number of guanidine groups is 1. The van der Waals surface area contributed by atoms with Gasteiger partial charge in [0.25, 0.3) is 0 Å². The number of aliphatic carboxylic acids is 1. The van der Waals surface area contributed by atoms with Crippen molar-refractivity contribution in [2.75, 3.05) is 19.6 Å². The van der Waals surface area contributed by atoms with Gasteiger partial charge in [-0.15, -0.1) is 0 Å². The zero-order valence-corrected chi connectivity index (χ0v) is 18.2. The number of nitrogens with one attached hydrogen (secondary N) is 2. The first kappa shape index (κ1) is 26.1. The van der Waals surface area contributed by atoms with Crippen LogP contribution in [0.4, 0.5) is 0 Å². The molecule has 176 valence electrons. The first-order valence-electron chi connectivity index (χ1n) is 10.4. The van der Waals surface area contributed by atoms with Gasteiger partial charge < -0.3 is 37.8 Å². The number of rotatable bonds is 12. The molecule has 0 aromatic heterocycles. The molecule has 1 fully saturated rings. The monoisotopic (exact) mass is 441 g/mol. The number of hydrogen-bond donors (Lipinski definition) is 6. The molecule has 9 N–H and O–H groups in total. The van der Waals surface area contributed by atoms with Gasteiger partial charge in [0, 0.05) is 13.1 Å². The molecule has 1 heterocycles. The van der Waals surface area contributed by atoms with Crippen LogP contribution in [0.2, 0.25) is 0 Å². The first-order valence-corrected chi connectivity index (χ1v) is 10.4. The number of hydrogen-bond acceptors (Lipinski definition) is 6. The van der Waals surface area contributed by atoms with Crippen LogP contribution in [-0.2, 0) is 19.2 Å². The fourth-order valence-corrected chi connectivity index (χ4v) is 3.46. The molecule has 1 saturated heterocycles. The normalized spacial score (nSPS) is 17.7. The van der Waals surface area contributed by atoms with E-state index < -0.39 is 35.9 Å². The van der Waals surface area contributed by atoms with E-state index in [4.69, 9.17) is 17.2 Å². The van der Waals surface area contributed by atoms with Gasteiger partial charge in [-0.2, -0.15) is 0 Å². The second-order valence-corrected chi connectivity index (χ2v) is 7.99. The molecule has 0 spiro atoms. The van der Waals surface area contributed by atoms with Gasteiger partial charge in [-0.3, -0.25) is 19.4 Å². The lowest BCUT2D eigenvalue weighted by Gasteiger charge is -2.27. The van der Waals surface area contributed by atoms with E-state index in [9.17, 15) is 24.3 Å². The lowest BCUT2D eigenvalue weighted by molar-refractivity contribution is -0.143. The summed E-state index contributed by atoms with van der Waals surface area (Å²) < 4.78 is 0. The molecule has 0 bridgehead atoms. The summed E-state index contributed by atoms with van der Waals surface area (Å²) in [5.74, 6) is -2.58. The Morgan fingerprint density at radius 3 is 2.39 bits per heavy atom. The summed E-state index contributed by atoms with van der Waals surface area (Å²) in [6.07, 6.45) is 1.95. The lowest BCUT2D eigenvalue weighted by atomic mass is 10.0. The molecular weight excluding hydrogens is 406 g/mol. The Labute approximate surface area is 182 Å². The molecule has 0 aromatic rings. The van der Waals surface area contributed by atoms with Crippen LogP contribution in [0.3, 0.4) is 0 Å². The average molecular weight is 442 g/mol. The van der Waals surface area contributed by atoms with Crippen LogP contribution in [0.5, 0.6) is 0 Å². The van der Waals surface area contributed by atoms with Crippen molar-refractivity contribution in [3.63, 3.8) is 0 Å². The van der Waals surface area contributed by atoms with Gasteiger partial charge in [0.15, 0.2) is 5.96 Å². The SMILES string of the molecule is CC(C)CC(NC(=O)C1CCCN1C(=O)CN)C(=O)NC(CCCN=C(N)N)C(=O)O. The predicted octanol–water partition coefficient (Wildman–Crippen LogP) is -1.91. The number of carbonyl (C=O) groups is 4. The number of nitrogens with zero attached hydrogens (tertiary/aromatic N) is 2. The summed E-state index contributed by atoms with van der Waals surface area (Å²) in [6, 6.07) is -2.76. The highest BCUT2D eigenvalue weighted by molar-refractivity contribution is 5.93. The van der Waals surface area contributed by atoms with E-state index in [2.05, 4.69) is 15.6 Å². The Kier molecular flexibility index (Phi) is 10.7. The molecule has 3 unspecified atom stereocenters. The van der Waals surface area contributed by atoms with E-state index in [-0.39, 0.29) is 37.3 Å². The Morgan fingerprint density at radius 1 is 1.16 bits per heavy atom. The maximum Gasteiger partial charge on any atom is 0.326 e. The van der Waals surface area contributed by atoms with E-state index >= 15 is 0 Å². The van der Waals surface area contributed by atoms with Crippen LogP contribution in [-0.4, -0.2) is 77.4 Å². The predicted molar refractivity (Wildman–Crippen MR) is 115 cm³/mol. The maximum absolute atomic E-state index is 12.8. The minimum Gasteiger partial charge on any atom is -0.480 e. The number of aliphatic imine (C=N–C) groups is 1. The molecule has 0 aliphatic carbocycles. The number of amides is 3. The van der Waals surface area contributed by atoms with Gasteiger partial charge in [-0.05, 0) is 38.0 Å². The molecule has 0 radical (unpaired) electrons. The highest BCUT2D eigenvalue weighted by Gasteiger charge is 2.36. The van der Waals surface area contributed by atoms with Gasteiger partial charge in [0.2, 0.25) is 17.7 Å². The second kappa shape index (κ2) is 12.7. The first-order chi connectivity index (χ1) is 14.6. The number of nitrogens with two attached hydrogens (primary N) is 3. The summed E-state index contributed by atoms with van der Waals surface area (Å²) in [6.45, 7) is 4.25. The van der Waals surface area contributed by atoms with Crippen molar-refractivity contribution in [1.29, 1.82) is 0 Å². The lowest BCUT2D eigenvalue weighted by Crippen LogP contribution is -2.56. The number of carbonyl (C=O) groups excluding carboxylic acids is 3. The Morgan fingerprint density at radius 2 is 1.84 bits per heavy atom. The minimum absolute atomic E-state index is 0.0616. The third-order valence-corrected chi connectivity index (χ3v) is 4.95. The third kappa shape index (κ3) is 8.79. The zero-order valence-electron chi connectivity index (χ0n) is 18.2. The molecule has 1 rings (SSSR count). The largest absolute Gasteiger partial charge is 0.480 e. The fraction of sp³-hybridized carbons (Fsp3) is 0.737. The van der Waals surface area contributed by atoms with Crippen LogP contribution in [0.25, 0.3) is 0 Å². The zero-order chi connectivity index (χ0) is 23.6. The molecule has 3 amide bonds. The molecule has 1 aliphatic rings. The van der Waals surface area contributed by atoms with Crippen molar-refractivity contribution in [2.45, 2.75) is 64.1 Å². The van der Waals surface area contributed by atoms with Crippen molar-refractivity contribution < 1.29 is 24.3 Å². The van der Waals surface area contributed by atoms with Crippen LogP contribution >= 0.6 is 0 Å². The third-order valence-electron chi connectivity index (χ3n) is 4.95. The van der Waals surface area contributed by atoms with Gasteiger partial charge in [0.05, 0.1) is 6.54 Å². The van der Waals surface area contributed by atoms with Gasteiger partial charge >= 0.3 is 5.97 Å². The second-order valence-electron chi connectivity index (χ2n) is 7.99. The topological polar surface area (TPSA) is 206 Å². The molecule has 31 heavy (non-hydrogen) atoms. The number of carboxylic acids is 1. The highest BCUT2D eigenvalue weighted by atomic mass is 16.4. The van der Waals surface area contributed by atoms with E-state index in [0.29, 0.717) is 32.2 Å². The van der Waals surface area contributed by atoms with E-state index in [1.54, 1.807) is 0 Å². The van der Waals surface area contributed by atoms with E-state index in [1.807, 2.05) is 13.8 Å². The maximum atomic E-state index is 12.8. The molecule has 12 heteroatoms. The van der Waals surface area contributed by atoms with Gasteiger partial charge in [0.1, 0.15) is 18.1 Å². The smallest absolute Gasteiger partial charge is 0.326 e. The minimum atomic E-state index is -1.19. The van der Waals surface area contributed by atoms with Crippen LogP contribution in [0.15, 0.2) is 4.99 Å². The molecule has 0 aromatic carbocycles. The van der Waals surface area contributed by atoms with Crippen molar-refractivity contribution in [3.05, 3.63) is 0 Å². The number of likely N-dealkylation sites (tertiary alicyclic amines) is 1. The quantitative estimate of drug-likeness (QED) is 0.114. The van der Waals surface area contributed by atoms with Gasteiger partial charge in [-0.1, -0.05) is 13.8 Å². The van der Waals surface area contributed by atoms with Crippen LogP contribution in [0.1, 0.15) is 46.0 Å². The van der Waals surface area contributed by atoms with E-state index in [1.165, 1.54) is 4.90 Å². The molecule has 3 atom stereocenters. The van der Waals surface area contributed by atoms with Crippen molar-refractivity contribution in [1.82, 2.24) is 15.5 Å². The fourth-order valence-electron chi connectivity index (χ4n) is 3.46. The molecular formula is C19H35N7O5. The summed E-state index contributed by atoms with van der Waals surface area (Å²) in [5, 5.41) is 14.6.